The molecule has 1 spiro atoms. The minimum absolute atomic E-state index is 0.175. The number of carbonyl (C=O) groups excluding carboxylic acids is 1. The van der Waals surface area contributed by atoms with Crippen LogP contribution in [0.1, 0.15) is 40.0 Å². The third kappa shape index (κ3) is 0.911. The Hall–Kier alpha value is -0.850. The lowest BCUT2D eigenvalue weighted by molar-refractivity contribution is -0.119. The summed E-state index contributed by atoms with van der Waals surface area (Å²) in [4.78, 5) is 12.0. The lowest BCUT2D eigenvalue weighted by Gasteiger charge is -2.45. The van der Waals surface area contributed by atoms with Crippen molar-refractivity contribution in [2.45, 2.75) is 40.0 Å². The number of hydrogen-bond acceptors (Lipinski definition) is 1. The third-order valence-corrected chi connectivity index (χ3v) is 5.75. The quantitative estimate of drug-likeness (QED) is 0.605. The maximum atomic E-state index is 12.0. The molecule has 16 heavy (non-hydrogen) atoms. The van der Waals surface area contributed by atoms with Crippen molar-refractivity contribution in [1.29, 1.82) is 0 Å². The van der Waals surface area contributed by atoms with Crippen LogP contribution >= 0.6 is 0 Å². The van der Waals surface area contributed by atoms with Crippen LogP contribution in [-0.2, 0) is 4.79 Å². The molecule has 1 nitrogen and oxygen atoms in total. The standard InChI is InChI=1S/C15H20O/c1-9-12-7-13(16)10(2)15(12)6-5-11(8-15)14(9,3)4/h7,10-11H,1,5-6,8H2,2-4H3/t10-,11+,15-/m0/s1. The number of fused-ring (bicyclic) bond motifs is 1. The van der Waals surface area contributed by atoms with Crippen molar-refractivity contribution in [1.82, 2.24) is 0 Å². The number of rotatable bonds is 0. The van der Waals surface area contributed by atoms with Crippen molar-refractivity contribution in [3.8, 4) is 0 Å². The molecule has 0 amide bonds. The molecule has 0 aliphatic heterocycles. The van der Waals surface area contributed by atoms with Crippen LogP contribution in [0.5, 0.6) is 0 Å². The highest BCUT2D eigenvalue weighted by molar-refractivity contribution is 5.97. The van der Waals surface area contributed by atoms with Gasteiger partial charge in [0.05, 0.1) is 0 Å². The molecule has 3 aliphatic carbocycles. The molecule has 0 aromatic heterocycles. The number of ketones is 1. The van der Waals surface area contributed by atoms with Gasteiger partial charge in [-0.2, -0.15) is 0 Å². The first-order valence-corrected chi connectivity index (χ1v) is 6.35. The summed E-state index contributed by atoms with van der Waals surface area (Å²) in [7, 11) is 0. The summed E-state index contributed by atoms with van der Waals surface area (Å²) in [6.07, 6.45) is 5.56. The fraction of sp³-hybridized carbons (Fsp3) is 0.667. The zero-order valence-electron chi connectivity index (χ0n) is 10.5. The van der Waals surface area contributed by atoms with Gasteiger partial charge in [-0.05, 0) is 47.8 Å². The Kier molecular flexibility index (Phi) is 1.74. The number of hydrogen-bond donors (Lipinski definition) is 0. The van der Waals surface area contributed by atoms with E-state index in [1.54, 1.807) is 0 Å². The molecule has 2 bridgehead atoms. The van der Waals surface area contributed by atoms with Gasteiger partial charge in [0, 0.05) is 11.3 Å². The molecule has 0 aromatic rings. The smallest absolute Gasteiger partial charge is 0.159 e. The van der Waals surface area contributed by atoms with Crippen molar-refractivity contribution >= 4 is 5.78 Å². The maximum Gasteiger partial charge on any atom is 0.159 e. The summed E-state index contributed by atoms with van der Waals surface area (Å²) < 4.78 is 0. The zero-order chi connectivity index (χ0) is 11.7. The highest BCUT2D eigenvalue weighted by atomic mass is 16.1. The van der Waals surface area contributed by atoms with Gasteiger partial charge in [-0.1, -0.05) is 27.4 Å². The summed E-state index contributed by atoms with van der Waals surface area (Å²) in [5.74, 6) is 1.25. The van der Waals surface area contributed by atoms with Crippen LogP contribution in [0.2, 0.25) is 0 Å². The van der Waals surface area contributed by atoms with Crippen molar-refractivity contribution in [3.63, 3.8) is 0 Å². The minimum Gasteiger partial charge on any atom is -0.295 e. The van der Waals surface area contributed by atoms with Crippen molar-refractivity contribution in [3.05, 3.63) is 23.8 Å². The molecule has 86 valence electrons. The third-order valence-electron chi connectivity index (χ3n) is 5.75. The highest BCUT2D eigenvalue weighted by Crippen LogP contribution is 2.67. The van der Waals surface area contributed by atoms with Crippen molar-refractivity contribution in [2.75, 3.05) is 0 Å². The predicted octanol–water partition coefficient (Wildman–Crippen LogP) is 3.51. The van der Waals surface area contributed by atoms with E-state index in [4.69, 9.17) is 0 Å². The second kappa shape index (κ2) is 2.69. The second-order valence-corrected chi connectivity index (χ2v) is 6.48. The Balaban J connectivity index is 2.18. The van der Waals surface area contributed by atoms with Gasteiger partial charge < -0.3 is 0 Å². The molecule has 1 heteroatoms. The van der Waals surface area contributed by atoms with E-state index in [0.717, 1.165) is 5.92 Å². The van der Waals surface area contributed by atoms with Crippen LogP contribution < -0.4 is 0 Å². The SMILES string of the molecule is C=C1C2=CC(=O)[C@H](C)[C@@]23CC[C@H](C3)C1(C)C. The van der Waals surface area contributed by atoms with Crippen molar-refractivity contribution in [2.24, 2.45) is 22.7 Å². The Bertz CT molecular complexity index is 427. The van der Waals surface area contributed by atoms with Gasteiger partial charge in [-0.3, -0.25) is 4.79 Å². The normalized spacial score (nSPS) is 44.6. The van der Waals surface area contributed by atoms with E-state index in [0.29, 0.717) is 5.78 Å². The number of allylic oxidation sites excluding steroid dienone is 3. The average molecular weight is 216 g/mol. The summed E-state index contributed by atoms with van der Waals surface area (Å²) in [5, 5.41) is 0. The minimum atomic E-state index is 0.175. The largest absolute Gasteiger partial charge is 0.295 e. The van der Waals surface area contributed by atoms with E-state index in [2.05, 4.69) is 27.4 Å². The van der Waals surface area contributed by atoms with E-state index in [-0.39, 0.29) is 16.7 Å². The average Bonchev–Trinajstić information content (AvgIpc) is 2.75. The van der Waals surface area contributed by atoms with E-state index in [1.165, 1.54) is 30.4 Å². The van der Waals surface area contributed by atoms with Gasteiger partial charge in [0.25, 0.3) is 0 Å². The topological polar surface area (TPSA) is 17.1 Å². The molecule has 2 saturated carbocycles. The molecule has 0 unspecified atom stereocenters. The lowest BCUT2D eigenvalue weighted by atomic mass is 9.58. The molecular weight excluding hydrogens is 196 g/mol. The summed E-state index contributed by atoms with van der Waals surface area (Å²) in [6, 6.07) is 0. The summed E-state index contributed by atoms with van der Waals surface area (Å²) in [5.41, 5.74) is 2.90. The molecule has 3 aliphatic rings. The Morgan fingerprint density at radius 1 is 1.44 bits per heavy atom. The molecule has 0 N–H and O–H groups in total. The lowest BCUT2D eigenvalue weighted by Crippen LogP contribution is -2.37. The van der Waals surface area contributed by atoms with Crippen LogP contribution in [0.3, 0.4) is 0 Å². The van der Waals surface area contributed by atoms with Crippen molar-refractivity contribution < 1.29 is 4.79 Å². The van der Waals surface area contributed by atoms with E-state index < -0.39 is 0 Å². The van der Waals surface area contributed by atoms with Crippen LogP contribution in [0, 0.1) is 22.7 Å². The van der Waals surface area contributed by atoms with Crippen LogP contribution in [0.15, 0.2) is 23.8 Å². The summed E-state index contributed by atoms with van der Waals surface area (Å²) >= 11 is 0. The van der Waals surface area contributed by atoms with Crippen LogP contribution in [0.4, 0.5) is 0 Å². The Labute approximate surface area is 97.6 Å². The first-order chi connectivity index (χ1) is 7.39. The summed E-state index contributed by atoms with van der Waals surface area (Å²) in [6.45, 7) is 11.0. The number of carbonyl (C=O) groups is 1. The fourth-order valence-corrected chi connectivity index (χ4v) is 4.23. The first-order valence-electron chi connectivity index (χ1n) is 6.35. The maximum absolute atomic E-state index is 12.0. The second-order valence-electron chi connectivity index (χ2n) is 6.48. The fourth-order valence-electron chi connectivity index (χ4n) is 4.23. The molecule has 0 radical (unpaired) electrons. The van der Waals surface area contributed by atoms with Gasteiger partial charge in [-0.25, -0.2) is 0 Å². The molecule has 0 aromatic carbocycles. The monoisotopic (exact) mass is 216 g/mol. The molecular formula is C15H20O. The predicted molar refractivity (Wildman–Crippen MR) is 64.9 cm³/mol. The van der Waals surface area contributed by atoms with E-state index >= 15 is 0 Å². The van der Waals surface area contributed by atoms with Gasteiger partial charge in [0.1, 0.15) is 0 Å². The molecule has 0 saturated heterocycles. The molecule has 0 heterocycles. The Morgan fingerprint density at radius 3 is 2.81 bits per heavy atom. The highest BCUT2D eigenvalue weighted by Gasteiger charge is 2.59. The zero-order valence-corrected chi connectivity index (χ0v) is 10.5. The van der Waals surface area contributed by atoms with Gasteiger partial charge in [0.2, 0.25) is 0 Å². The van der Waals surface area contributed by atoms with Gasteiger partial charge >= 0.3 is 0 Å². The van der Waals surface area contributed by atoms with Gasteiger partial charge in [-0.15, -0.1) is 0 Å². The van der Waals surface area contributed by atoms with Crippen LogP contribution in [-0.4, -0.2) is 5.78 Å². The van der Waals surface area contributed by atoms with E-state index in [9.17, 15) is 4.79 Å². The van der Waals surface area contributed by atoms with Gasteiger partial charge in [0.15, 0.2) is 5.78 Å². The Morgan fingerprint density at radius 2 is 2.12 bits per heavy atom. The molecule has 3 rings (SSSR count). The molecule has 3 atom stereocenters. The van der Waals surface area contributed by atoms with Crippen LogP contribution in [0.25, 0.3) is 0 Å². The molecule has 2 fully saturated rings. The van der Waals surface area contributed by atoms with E-state index in [1.807, 2.05) is 6.08 Å². The first kappa shape index (κ1) is 10.3.